The fourth-order valence-corrected chi connectivity index (χ4v) is 1.60. The highest BCUT2D eigenvalue weighted by Crippen LogP contribution is 2.11. The van der Waals surface area contributed by atoms with Crippen molar-refractivity contribution in [2.45, 2.75) is 32.7 Å². The largest absolute Gasteiger partial charge is 0.353 e. The van der Waals surface area contributed by atoms with Gasteiger partial charge >= 0.3 is 0 Å². The second-order valence-electron chi connectivity index (χ2n) is 3.79. The van der Waals surface area contributed by atoms with Crippen molar-refractivity contribution >= 4 is 5.91 Å². The summed E-state index contributed by atoms with van der Waals surface area (Å²) in [4.78, 5) is 10.9. The standard InChI is InChI=1S/C12H15F2NO/c1-3-12(15-8(2)16)6-9-4-10(13)7-11(14)5-9/h4-5,7,12H,3,6H2,1-2H3,(H,15,16)/t12-/m1/s1. The molecule has 16 heavy (non-hydrogen) atoms. The molecule has 1 aromatic rings. The number of nitrogens with one attached hydrogen (secondary N) is 1. The van der Waals surface area contributed by atoms with E-state index in [2.05, 4.69) is 5.32 Å². The third kappa shape index (κ3) is 3.96. The molecule has 0 unspecified atom stereocenters. The van der Waals surface area contributed by atoms with Crippen LogP contribution < -0.4 is 5.32 Å². The summed E-state index contributed by atoms with van der Waals surface area (Å²) in [5.41, 5.74) is 0.554. The lowest BCUT2D eigenvalue weighted by atomic mass is 10.0. The first-order valence-electron chi connectivity index (χ1n) is 5.23. The van der Waals surface area contributed by atoms with Crippen molar-refractivity contribution in [2.24, 2.45) is 0 Å². The number of carbonyl (C=O) groups excluding carboxylic acids is 1. The normalized spacial score (nSPS) is 12.2. The zero-order valence-corrected chi connectivity index (χ0v) is 9.39. The van der Waals surface area contributed by atoms with Crippen LogP contribution in [0.1, 0.15) is 25.8 Å². The third-order valence-electron chi connectivity index (χ3n) is 2.30. The summed E-state index contributed by atoms with van der Waals surface area (Å²) < 4.78 is 25.8. The number of rotatable bonds is 4. The summed E-state index contributed by atoms with van der Waals surface area (Å²) >= 11 is 0. The molecule has 0 heterocycles. The van der Waals surface area contributed by atoms with Gasteiger partial charge in [-0.3, -0.25) is 4.79 Å². The molecule has 0 fully saturated rings. The van der Waals surface area contributed by atoms with E-state index < -0.39 is 11.6 Å². The smallest absolute Gasteiger partial charge is 0.217 e. The fraction of sp³-hybridized carbons (Fsp3) is 0.417. The Morgan fingerprint density at radius 3 is 2.31 bits per heavy atom. The maximum atomic E-state index is 12.9. The van der Waals surface area contributed by atoms with Gasteiger partial charge in [-0.25, -0.2) is 8.78 Å². The van der Waals surface area contributed by atoms with Crippen molar-refractivity contribution in [3.8, 4) is 0 Å². The number of benzene rings is 1. The lowest BCUT2D eigenvalue weighted by molar-refractivity contribution is -0.119. The van der Waals surface area contributed by atoms with Gasteiger partial charge in [0.1, 0.15) is 11.6 Å². The van der Waals surface area contributed by atoms with E-state index in [0.717, 1.165) is 12.5 Å². The van der Waals surface area contributed by atoms with E-state index in [4.69, 9.17) is 0 Å². The minimum atomic E-state index is -0.590. The monoisotopic (exact) mass is 227 g/mol. The number of hydrogen-bond acceptors (Lipinski definition) is 1. The summed E-state index contributed by atoms with van der Waals surface area (Å²) in [6, 6.07) is 3.32. The van der Waals surface area contributed by atoms with Crippen LogP contribution in [0.4, 0.5) is 8.78 Å². The van der Waals surface area contributed by atoms with E-state index in [-0.39, 0.29) is 11.9 Å². The molecule has 1 aromatic carbocycles. The minimum absolute atomic E-state index is 0.0845. The van der Waals surface area contributed by atoms with E-state index in [1.54, 1.807) is 0 Å². The Balaban J connectivity index is 2.73. The summed E-state index contributed by atoms with van der Waals surface area (Å²) in [6.07, 6.45) is 1.16. The summed E-state index contributed by atoms with van der Waals surface area (Å²) in [5, 5.41) is 2.73. The van der Waals surface area contributed by atoms with Crippen LogP contribution in [0.15, 0.2) is 18.2 Å². The quantitative estimate of drug-likeness (QED) is 0.841. The number of amides is 1. The topological polar surface area (TPSA) is 29.1 Å². The first-order valence-corrected chi connectivity index (χ1v) is 5.23. The number of hydrogen-bond donors (Lipinski definition) is 1. The van der Waals surface area contributed by atoms with Crippen LogP contribution in [0.25, 0.3) is 0 Å². The van der Waals surface area contributed by atoms with Crippen molar-refractivity contribution in [2.75, 3.05) is 0 Å². The van der Waals surface area contributed by atoms with E-state index in [1.165, 1.54) is 19.1 Å². The highest BCUT2D eigenvalue weighted by Gasteiger charge is 2.10. The molecule has 0 aliphatic rings. The van der Waals surface area contributed by atoms with E-state index in [0.29, 0.717) is 12.0 Å². The van der Waals surface area contributed by atoms with Gasteiger partial charge in [-0.15, -0.1) is 0 Å². The molecule has 1 N–H and O–H groups in total. The first-order chi connectivity index (χ1) is 7.51. The van der Waals surface area contributed by atoms with E-state index in [1.807, 2.05) is 6.92 Å². The molecule has 0 saturated heterocycles. The molecular formula is C12H15F2NO. The zero-order chi connectivity index (χ0) is 12.1. The Kier molecular flexibility index (Phi) is 4.40. The van der Waals surface area contributed by atoms with Crippen LogP contribution >= 0.6 is 0 Å². The Bertz CT molecular complexity index is 359. The number of carbonyl (C=O) groups is 1. The van der Waals surface area contributed by atoms with Gasteiger partial charge in [-0.2, -0.15) is 0 Å². The number of halogens is 2. The molecule has 0 spiro atoms. The van der Waals surface area contributed by atoms with Crippen molar-refractivity contribution < 1.29 is 13.6 Å². The highest BCUT2D eigenvalue weighted by atomic mass is 19.1. The van der Waals surface area contributed by atoms with Gasteiger partial charge in [0.25, 0.3) is 0 Å². The SMILES string of the molecule is CC[C@H](Cc1cc(F)cc(F)c1)NC(C)=O. The van der Waals surface area contributed by atoms with Crippen LogP contribution in [0.5, 0.6) is 0 Å². The lowest BCUT2D eigenvalue weighted by Gasteiger charge is -2.15. The van der Waals surface area contributed by atoms with Gasteiger partial charge in [0.05, 0.1) is 0 Å². The molecule has 0 aliphatic carbocycles. The molecule has 0 bridgehead atoms. The van der Waals surface area contributed by atoms with Gasteiger partial charge in [-0.05, 0) is 30.5 Å². The summed E-state index contributed by atoms with van der Waals surface area (Å²) in [6.45, 7) is 3.34. The summed E-state index contributed by atoms with van der Waals surface area (Å²) in [5.74, 6) is -1.32. The maximum Gasteiger partial charge on any atom is 0.217 e. The average Bonchev–Trinajstić information content (AvgIpc) is 2.14. The molecule has 2 nitrogen and oxygen atoms in total. The fourth-order valence-electron chi connectivity index (χ4n) is 1.60. The van der Waals surface area contributed by atoms with Crippen molar-refractivity contribution in [1.29, 1.82) is 0 Å². The Labute approximate surface area is 93.7 Å². The second-order valence-corrected chi connectivity index (χ2v) is 3.79. The molecule has 4 heteroatoms. The molecule has 0 saturated carbocycles. The van der Waals surface area contributed by atoms with Gasteiger partial charge < -0.3 is 5.32 Å². The Morgan fingerprint density at radius 2 is 1.88 bits per heavy atom. The molecule has 0 aromatic heterocycles. The average molecular weight is 227 g/mol. The predicted molar refractivity (Wildman–Crippen MR) is 58.0 cm³/mol. The Morgan fingerprint density at radius 1 is 1.31 bits per heavy atom. The molecule has 88 valence electrons. The van der Waals surface area contributed by atoms with Gasteiger partial charge in [0.2, 0.25) is 5.91 Å². The molecule has 0 aliphatic heterocycles. The van der Waals surface area contributed by atoms with Crippen molar-refractivity contribution in [1.82, 2.24) is 5.32 Å². The van der Waals surface area contributed by atoms with Gasteiger partial charge in [0, 0.05) is 19.0 Å². The first kappa shape index (κ1) is 12.6. The summed E-state index contributed by atoms with van der Waals surface area (Å²) in [7, 11) is 0. The van der Waals surface area contributed by atoms with E-state index in [9.17, 15) is 13.6 Å². The van der Waals surface area contributed by atoms with E-state index >= 15 is 0 Å². The van der Waals surface area contributed by atoms with Gasteiger partial charge in [0.15, 0.2) is 0 Å². The predicted octanol–water partition coefficient (Wildman–Crippen LogP) is 2.42. The van der Waals surface area contributed by atoms with Crippen LogP contribution in [-0.4, -0.2) is 11.9 Å². The molecule has 1 atom stereocenters. The maximum absolute atomic E-state index is 12.9. The Hall–Kier alpha value is -1.45. The zero-order valence-electron chi connectivity index (χ0n) is 9.39. The molecule has 0 radical (unpaired) electrons. The van der Waals surface area contributed by atoms with Crippen LogP contribution in [0.2, 0.25) is 0 Å². The van der Waals surface area contributed by atoms with Gasteiger partial charge in [-0.1, -0.05) is 6.92 Å². The van der Waals surface area contributed by atoms with Crippen molar-refractivity contribution in [3.63, 3.8) is 0 Å². The van der Waals surface area contributed by atoms with Crippen LogP contribution in [0, 0.1) is 11.6 Å². The van der Waals surface area contributed by atoms with Crippen LogP contribution in [-0.2, 0) is 11.2 Å². The lowest BCUT2D eigenvalue weighted by Crippen LogP contribution is -2.34. The highest BCUT2D eigenvalue weighted by molar-refractivity contribution is 5.73. The third-order valence-corrected chi connectivity index (χ3v) is 2.30. The molecular weight excluding hydrogens is 212 g/mol. The molecule has 1 rings (SSSR count). The molecule has 1 amide bonds. The minimum Gasteiger partial charge on any atom is -0.353 e. The van der Waals surface area contributed by atoms with Crippen molar-refractivity contribution in [3.05, 3.63) is 35.4 Å². The van der Waals surface area contributed by atoms with Crippen LogP contribution in [0.3, 0.4) is 0 Å². The second kappa shape index (κ2) is 5.58.